The third kappa shape index (κ3) is 4.06. The van der Waals surface area contributed by atoms with E-state index in [1.54, 1.807) is 0 Å². The summed E-state index contributed by atoms with van der Waals surface area (Å²) in [4.78, 5) is 6.93. The molecule has 0 saturated carbocycles. The van der Waals surface area contributed by atoms with Crippen molar-refractivity contribution in [3.8, 4) is 6.07 Å². The zero-order valence-corrected chi connectivity index (χ0v) is 17.0. The van der Waals surface area contributed by atoms with E-state index in [1.807, 2.05) is 32.2 Å². The smallest absolute Gasteiger partial charge is 0.129 e. The molecule has 29 heavy (non-hydrogen) atoms. The van der Waals surface area contributed by atoms with E-state index in [4.69, 9.17) is 4.74 Å². The zero-order chi connectivity index (χ0) is 20.2. The highest BCUT2D eigenvalue weighted by Crippen LogP contribution is 2.25. The number of anilines is 1. The predicted octanol–water partition coefficient (Wildman–Crippen LogP) is 3.53. The van der Waals surface area contributed by atoms with E-state index in [9.17, 15) is 5.26 Å². The molecule has 0 spiro atoms. The molecule has 0 amide bonds. The van der Waals surface area contributed by atoms with Crippen molar-refractivity contribution < 1.29 is 4.74 Å². The minimum Gasteiger partial charge on any atom is -0.378 e. The van der Waals surface area contributed by atoms with Crippen LogP contribution < -0.4 is 4.90 Å². The molecule has 1 aromatic carbocycles. The molecule has 1 saturated heterocycles. The van der Waals surface area contributed by atoms with Crippen LogP contribution in [0.4, 0.5) is 5.82 Å². The highest BCUT2D eigenvalue weighted by atomic mass is 16.5. The van der Waals surface area contributed by atoms with Crippen molar-refractivity contribution in [2.75, 3.05) is 31.2 Å². The van der Waals surface area contributed by atoms with Crippen LogP contribution in [0, 0.1) is 25.2 Å². The fraction of sp³-hybridized carbons (Fsp3) is 0.391. The van der Waals surface area contributed by atoms with Crippen LogP contribution in [0.25, 0.3) is 10.8 Å². The van der Waals surface area contributed by atoms with E-state index >= 15 is 0 Å². The Hall–Kier alpha value is -3.04. The molecule has 0 N–H and O–H groups in total. The number of nitriles is 1. The Labute approximate surface area is 171 Å². The van der Waals surface area contributed by atoms with Gasteiger partial charge in [-0.25, -0.2) is 4.98 Å². The molecule has 1 aliphatic rings. The van der Waals surface area contributed by atoms with Gasteiger partial charge in [-0.1, -0.05) is 12.1 Å². The Kier molecular flexibility index (Phi) is 5.68. The van der Waals surface area contributed by atoms with Crippen molar-refractivity contribution in [2.24, 2.45) is 0 Å². The van der Waals surface area contributed by atoms with Gasteiger partial charge in [-0.2, -0.15) is 15.5 Å². The fourth-order valence-corrected chi connectivity index (χ4v) is 3.89. The second kappa shape index (κ2) is 8.54. The summed E-state index contributed by atoms with van der Waals surface area (Å²) < 4.78 is 5.46. The Balaban J connectivity index is 1.56. The monoisotopic (exact) mass is 387 g/mol. The molecule has 1 aliphatic heterocycles. The van der Waals surface area contributed by atoms with Gasteiger partial charge in [0.2, 0.25) is 0 Å². The largest absolute Gasteiger partial charge is 0.378 e. The Bertz CT molecular complexity index is 1070. The Morgan fingerprint density at radius 1 is 1.10 bits per heavy atom. The topological polar surface area (TPSA) is 74.9 Å². The first-order chi connectivity index (χ1) is 14.2. The standard InChI is InChI=1S/C23H25N5O/c1-16-18(5-3-7-19(16)14-24)6-4-8-22-20-13-23(28-9-11-29-12-10-28)25-15-21(20)17(2)26-27-22/h3,5,7,13,15H,4,6,8-12H2,1-2H3. The number of ether oxygens (including phenoxy) is 1. The summed E-state index contributed by atoms with van der Waals surface area (Å²) in [7, 11) is 0. The summed E-state index contributed by atoms with van der Waals surface area (Å²) in [6.45, 7) is 7.20. The van der Waals surface area contributed by atoms with Crippen LogP contribution in [0.1, 0.15) is 34.5 Å². The molecule has 0 aliphatic carbocycles. The molecule has 0 atom stereocenters. The maximum absolute atomic E-state index is 9.24. The number of pyridine rings is 1. The van der Waals surface area contributed by atoms with Gasteiger partial charge in [-0.15, -0.1) is 0 Å². The van der Waals surface area contributed by atoms with Gasteiger partial charge >= 0.3 is 0 Å². The Morgan fingerprint density at radius 3 is 2.72 bits per heavy atom. The molecule has 4 rings (SSSR count). The van der Waals surface area contributed by atoms with Gasteiger partial charge in [0, 0.05) is 30.1 Å². The van der Waals surface area contributed by atoms with Crippen LogP contribution in [-0.4, -0.2) is 41.5 Å². The zero-order valence-electron chi connectivity index (χ0n) is 17.0. The van der Waals surface area contributed by atoms with E-state index in [1.165, 1.54) is 5.56 Å². The number of aryl methyl sites for hydroxylation is 3. The number of benzene rings is 1. The van der Waals surface area contributed by atoms with Crippen LogP contribution in [-0.2, 0) is 17.6 Å². The minimum absolute atomic E-state index is 0.737. The lowest BCUT2D eigenvalue weighted by molar-refractivity contribution is 0.122. The first-order valence-electron chi connectivity index (χ1n) is 10.1. The van der Waals surface area contributed by atoms with Gasteiger partial charge in [0.15, 0.2) is 0 Å². The van der Waals surface area contributed by atoms with Crippen molar-refractivity contribution in [2.45, 2.75) is 33.1 Å². The van der Waals surface area contributed by atoms with Gasteiger partial charge in [0.1, 0.15) is 5.82 Å². The number of hydrogen-bond donors (Lipinski definition) is 0. The van der Waals surface area contributed by atoms with Crippen LogP contribution in [0.15, 0.2) is 30.5 Å². The molecule has 0 radical (unpaired) electrons. The average molecular weight is 387 g/mol. The number of rotatable bonds is 5. The first-order valence-corrected chi connectivity index (χ1v) is 10.1. The molecule has 6 nitrogen and oxygen atoms in total. The number of morpholine rings is 1. The SMILES string of the molecule is Cc1c(C#N)cccc1CCCc1nnc(C)c2cnc(N3CCOCC3)cc12. The maximum Gasteiger partial charge on any atom is 0.129 e. The van der Waals surface area contributed by atoms with E-state index in [0.29, 0.717) is 0 Å². The van der Waals surface area contributed by atoms with Crippen LogP contribution >= 0.6 is 0 Å². The normalized spacial score (nSPS) is 14.2. The number of fused-ring (bicyclic) bond motifs is 1. The molecular weight excluding hydrogens is 362 g/mol. The van der Waals surface area contributed by atoms with E-state index in [0.717, 1.165) is 84.7 Å². The Morgan fingerprint density at radius 2 is 1.93 bits per heavy atom. The summed E-state index contributed by atoms with van der Waals surface area (Å²) in [5.41, 5.74) is 4.97. The number of hydrogen-bond acceptors (Lipinski definition) is 6. The molecule has 0 bridgehead atoms. The van der Waals surface area contributed by atoms with Crippen molar-refractivity contribution in [1.29, 1.82) is 5.26 Å². The van der Waals surface area contributed by atoms with Crippen molar-refractivity contribution in [1.82, 2.24) is 15.2 Å². The second-order valence-electron chi connectivity index (χ2n) is 7.47. The summed E-state index contributed by atoms with van der Waals surface area (Å²) >= 11 is 0. The van der Waals surface area contributed by atoms with Gasteiger partial charge in [-0.05, 0) is 56.4 Å². The summed E-state index contributed by atoms with van der Waals surface area (Å²) in [6.07, 6.45) is 4.64. The third-order valence-electron chi connectivity index (χ3n) is 5.67. The number of aromatic nitrogens is 3. The second-order valence-corrected chi connectivity index (χ2v) is 7.47. The van der Waals surface area contributed by atoms with Gasteiger partial charge in [0.05, 0.1) is 36.2 Å². The van der Waals surface area contributed by atoms with Gasteiger partial charge < -0.3 is 9.64 Å². The highest BCUT2D eigenvalue weighted by molar-refractivity contribution is 5.87. The van der Waals surface area contributed by atoms with E-state index in [-0.39, 0.29) is 0 Å². The van der Waals surface area contributed by atoms with Crippen molar-refractivity contribution >= 4 is 16.6 Å². The lowest BCUT2D eigenvalue weighted by atomic mass is 9.97. The molecule has 148 valence electrons. The maximum atomic E-state index is 9.24. The lowest BCUT2D eigenvalue weighted by Crippen LogP contribution is -2.36. The van der Waals surface area contributed by atoms with Crippen molar-refractivity contribution in [3.05, 3.63) is 58.5 Å². The van der Waals surface area contributed by atoms with E-state index < -0.39 is 0 Å². The molecular formula is C23H25N5O. The molecule has 3 heterocycles. The molecule has 3 aromatic rings. The van der Waals surface area contributed by atoms with Crippen molar-refractivity contribution in [3.63, 3.8) is 0 Å². The van der Waals surface area contributed by atoms with E-state index in [2.05, 4.69) is 38.3 Å². The third-order valence-corrected chi connectivity index (χ3v) is 5.67. The summed E-state index contributed by atoms with van der Waals surface area (Å²) in [5.74, 6) is 0.979. The first kappa shape index (κ1) is 19.3. The molecule has 1 fully saturated rings. The summed E-state index contributed by atoms with van der Waals surface area (Å²) in [6, 6.07) is 10.4. The predicted molar refractivity (Wildman–Crippen MR) is 113 cm³/mol. The fourth-order valence-electron chi connectivity index (χ4n) is 3.89. The molecule has 0 unspecified atom stereocenters. The van der Waals surface area contributed by atoms with Crippen LogP contribution in [0.2, 0.25) is 0 Å². The van der Waals surface area contributed by atoms with Gasteiger partial charge in [-0.3, -0.25) is 0 Å². The van der Waals surface area contributed by atoms with Crippen LogP contribution in [0.5, 0.6) is 0 Å². The average Bonchev–Trinajstić information content (AvgIpc) is 2.77. The quantitative estimate of drug-likeness (QED) is 0.667. The molecule has 6 heteroatoms. The summed E-state index contributed by atoms with van der Waals surface area (Å²) in [5, 5.41) is 20.3. The lowest BCUT2D eigenvalue weighted by Gasteiger charge is -2.28. The highest BCUT2D eigenvalue weighted by Gasteiger charge is 2.15. The van der Waals surface area contributed by atoms with Crippen LogP contribution in [0.3, 0.4) is 0 Å². The minimum atomic E-state index is 0.737. The van der Waals surface area contributed by atoms with Gasteiger partial charge in [0.25, 0.3) is 0 Å². The number of nitrogens with zero attached hydrogens (tertiary/aromatic N) is 5. The molecule has 2 aromatic heterocycles.